The van der Waals surface area contributed by atoms with Crippen LogP contribution in [-0.4, -0.2) is 18.1 Å². The molecule has 19 heavy (non-hydrogen) atoms. The smallest absolute Gasteiger partial charge is 0.221 e. The van der Waals surface area contributed by atoms with Crippen LogP contribution in [0.3, 0.4) is 0 Å². The third-order valence-electron chi connectivity index (χ3n) is 3.46. The summed E-state index contributed by atoms with van der Waals surface area (Å²) in [6.07, 6.45) is 0.511. The van der Waals surface area contributed by atoms with Crippen molar-refractivity contribution in [3.63, 3.8) is 0 Å². The van der Waals surface area contributed by atoms with Crippen molar-refractivity contribution in [2.45, 2.75) is 45.3 Å². The second-order valence-electron chi connectivity index (χ2n) is 5.66. The summed E-state index contributed by atoms with van der Waals surface area (Å²) in [5.41, 5.74) is 7.63. The molecule has 0 bridgehead atoms. The minimum Gasteiger partial charge on any atom is -0.339 e. The molecule has 1 amide bonds. The monoisotopic (exact) mass is 261 g/mol. The van der Waals surface area contributed by atoms with Gasteiger partial charge in [-0.25, -0.2) is 5.43 Å². The molecule has 1 aliphatic heterocycles. The first kappa shape index (κ1) is 14.0. The third kappa shape index (κ3) is 3.55. The summed E-state index contributed by atoms with van der Waals surface area (Å²) in [5, 5.41) is 3.08. The summed E-state index contributed by atoms with van der Waals surface area (Å²) in [7, 11) is 0. The van der Waals surface area contributed by atoms with E-state index < -0.39 is 0 Å². The highest BCUT2D eigenvalue weighted by atomic mass is 16.1. The Morgan fingerprint density at radius 2 is 1.95 bits per heavy atom. The number of amides is 1. The molecule has 1 saturated heterocycles. The SMILES string of the molecule is CC(C)CC(=O)NC1NNC(C)C1c1ccccc1. The number of hydrazine groups is 1. The number of rotatable bonds is 4. The Hall–Kier alpha value is -1.39. The molecule has 1 aliphatic rings. The van der Waals surface area contributed by atoms with Crippen LogP contribution in [0.5, 0.6) is 0 Å². The molecular formula is C15H23N3O. The summed E-state index contributed by atoms with van der Waals surface area (Å²) in [5.74, 6) is 0.726. The number of hydrogen-bond donors (Lipinski definition) is 3. The minimum absolute atomic E-state index is 0.0522. The van der Waals surface area contributed by atoms with E-state index in [1.54, 1.807) is 0 Å². The van der Waals surface area contributed by atoms with Gasteiger partial charge in [0.25, 0.3) is 0 Å². The van der Waals surface area contributed by atoms with Gasteiger partial charge in [-0.05, 0) is 18.4 Å². The predicted octanol–water partition coefficient (Wildman–Crippen LogP) is 1.75. The molecule has 1 heterocycles. The molecule has 104 valence electrons. The highest BCUT2D eigenvalue weighted by Crippen LogP contribution is 2.25. The van der Waals surface area contributed by atoms with Crippen molar-refractivity contribution in [3.8, 4) is 0 Å². The van der Waals surface area contributed by atoms with Gasteiger partial charge in [0, 0.05) is 18.4 Å². The van der Waals surface area contributed by atoms with Gasteiger partial charge in [-0.3, -0.25) is 10.2 Å². The van der Waals surface area contributed by atoms with Crippen LogP contribution in [0.1, 0.15) is 38.7 Å². The molecule has 1 fully saturated rings. The lowest BCUT2D eigenvalue weighted by Gasteiger charge is -2.22. The number of carbonyl (C=O) groups excluding carboxylic acids is 1. The summed E-state index contributed by atoms with van der Waals surface area (Å²) in [4.78, 5) is 11.9. The largest absolute Gasteiger partial charge is 0.339 e. The molecule has 1 aromatic rings. The second kappa shape index (κ2) is 6.17. The topological polar surface area (TPSA) is 53.2 Å². The van der Waals surface area contributed by atoms with Gasteiger partial charge < -0.3 is 5.32 Å². The van der Waals surface area contributed by atoms with E-state index in [0.717, 1.165) is 0 Å². The zero-order valence-electron chi connectivity index (χ0n) is 11.8. The average Bonchev–Trinajstić information content (AvgIpc) is 2.70. The van der Waals surface area contributed by atoms with Gasteiger partial charge in [-0.2, -0.15) is 0 Å². The van der Waals surface area contributed by atoms with Gasteiger partial charge in [0.1, 0.15) is 6.17 Å². The lowest BCUT2D eigenvalue weighted by Crippen LogP contribution is -2.46. The highest BCUT2D eigenvalue weighted by molar-refractivity contribution is 5.76. The molecule has 0 radical (unpaired) electrons. The molecule has 0 aliphatic carbocycles. The molecular weight excluding hydrogens is 238 g/mol. The Kier molecular flexibility index (Phi) is 4.56. The fraction of sp³-hybridized carbons (Fsp3) is 0.533. The highest BCUT2D eigenvalue weighted by Gasteiger charge is 2.34. The average molecular weight is 261 g/mol. The molecule has 3 unspecified atom stereocenters. The van der Waals surface area contributed by atoms with Crippen molar-refractivity contribution >= 4 is 5.91 Å². The summed E-state index contributed by atoms with van der Waals surface area (Å²) in [6.45, 7) is 6.23. The maximum Gasteiger partial charge on any atom is 0.221 e. The second-order valence-corrected chi connectivity index (χ2v) is 5.66. The standard InChI is InChI=1S/C15H23N3O/c1-10(2)9-13(19)16-15-14(11(3)17-18-15)12-7-5-4-6-8-12/h4-8,10-11,14-15,17-18H,9H2,1-3H3,(H,16,19). The summed E-state index contributed by atoms with van der Waals surface area (Å²) < 4.78 is 0. The van der Waals surface area contributed by atoms with Gasteiger partial charge in [-0.15, -0.1) is 0 Å². The van der Waals surface area contributed by atoms with Crippen LogP contribution < -0.4 is 16.2 Å². The minimum atomic E-state index is -0.0522. The van der Waals surface area contributed by atoms with Crippen molar-refractivity contribution in [3.05, 3.63) is 35.9 Å². The van der Waals surface area contributed by atoms with E-state index in [2.05, 4.69) is 49.1 Å². The molecule has 4 nitrogen and oxygen atoms in total. The normalized spacial score (nSPS) is 26.6. The maximum absolute atomic E-state index is 11.9. The molecule has 0 aromatic heterocycles. The molecule has 0 spiro atoms. The predicted molar refractivity (Wildman–Crippen MR) is 76.3 cm³/mol. The number of hydrogen-bond acceptors (Lipinski definition) is 3. The zero-order chi connectivity index (χ0) is 13.8. The van der Waals surface area contributed by atoms with Crippen molar-refractivity contribution < 1.29 is 4.79 Å². The zero-order valence-corrected chi connectivity index (χ0v) is 11.8. The van der Waals surface area contributed by atoms with Crippen LogP contribution in [0.15, 0.2) is 30.3 Å². The fourth-order valence-electron chi connectivity index (χ4n) is 2.57. The van der Waals surface area contributed by atoms with Crippen LogP contribution in [0, 0.1) is 5.92 Å². The van der Waals surface area contributed by atoms with E-state index in [1.165, 1.54) is 5.56 Å². The number of carbonyl (C=O) groups is 1. The van der Waals surface area contributed by atoms with Gasteiger partial charge in [0.2, 0.25) is 5.91 Å². The van der Waals surface area contributed by atoms with Crippen molar-refractivity contribution in [1.82, 2.24) is 16.2 Å². The lowest BCUT2D eigenvalue weighted by atomic mass is 9.91. The van der Waals surface area contributed by atoms with Crippen molar-refractivity contribution in [2.75, 3.05) is 0 Å². The molecule has 3 N–H and O–H groups in total. The Labute approximate surface area is 114 Å². The van der Waals surface area contributed by atoms with Crippen molar-refractivity contribution in [1.29, 1.82) is 0 Å². The van der Waals surface area contributed by atoms with E-state index in [9.17, 15) is 4.79 Å². The van der Waals surface area contributed by atoms with Crippen molar-refractivity contribution in [2.24, 2.45) is 5.92 Å². The maximum atomic E-state index is 11.9. The van der Waals surface area contributed by atoms with Crippen LogP contribution >= 0.6 is 0 Å². The molecule has 1 aromatic carbocycles. The lowest BCUT2D eigenvalue weighted by molar-refractivity contribution is -0.122. The number of benzene rings is 1. The fourth-order valence-corrected chi connectivity index (χ4v) is 2.57. The molecule has 2 rings (SSSR count). The Bertz CT molecular complexity index is 419. The number of nitrogens with one attached hydrogen (secondary N) is 3. The van der Waals surface area contributed by atoms with Gasteiger partial charge >= 0.3 is 0 Å². The van der Waals surface area contributed by atoms with E-state index in [1.807, 2.05) is 18.2 Å². The molecule has 3 atom stereocenters. The first-order valence-electron chi connectivity index (χ1n) is 6.93. The third-order valence-corrected chi connectivity index (χ3v) is 3.46. The summed E-state index contributed by atoms with van der Waals surface area (Å²) in [6, 6.07) is 10.6. The van der Waals surface area contributed by atoms with Gasteiger partial charge in [-0.1, -0.05) is 44.2 Å². The van der Waals surface area contributed by atoms with Crippen LogP contribution in [0.25, 0.3) is 0 Å². The molecule has 4 heteroatoms. The summed E-state index contributed by atoms with van der Waals surface area (Å²) >= 11 is 0. The Balaban J connectivity index is 2.06. The quantitative estimate of drug-likeness (QED) is 0.774. The Morgan fingerprint density at radius 3 is 2.58 bits per heavy atom. The first-order chi connectivity index (χ1) is 9.08. The van der Waals surface area contributed by atoms with Crippen LogP contribution in [-0.2, 0) is 4.79 Å². The van der Waals surface area contributed by atoms with Gasteiger partial charge in [0.15, 0.2) is 0 Å². The molecule has 0 saturated carbocycles. The van der Waals surface area contributed by atoms with Crippen LogP contribution in [0.2, 0.25) is 0 Å². The van der Waals surface area contributed by atoms with E-state index >= 15 is 0 Å². The first-order valence-corrected chi connectivity index (χ1v) is 6.93. The Morgan fingerprint density at radius 1 is 1.26 bits per heavy atom. The van der Waals surface area contributed by atoms with Crippen LogP contribution in [0.4, 0.5) is 0 Å². The van der Waals surface area contributed by atoms with Gasteiger partial charge in [0.05, 0.1) is 0 Å². The van der Waals surface area contributed by atoms with E-state index in [0.29, 0.717) is 12.3 Å². The van der Waals surface area contributed by atoms with E-state index in [4.69, 9.17) is 0 Å². The van der Waals surface area contributed by atoms with E-state index in [-0.39, 0.29) is 24.0 Å².